The molecule has 0 saturated carbocycles. The SMILES string of the molecule is OC[C@H]1O[C@@H](n2cnc3c(N4CCCCC4)nc(Cl)nc32)[C@H](O)[C@@H]1O. The molecule has 0 unspecified atom stereocenters. The van der Waals surface area contributed by atoms with Gasteiger partial charge in [-0.05, 0) is 30.9 Å². The number of rotatable bonds is 3. The Morgan fingerprint density at radius 3 is 2.60 bits per heavy atom. The van der Waals surface area contributed by atoms with Crippen LogP contribution in [0.5, 0.6) is 0 Å². The fourth-order valence-corrected chi connectivity index (χ4v) is 3.66. The van der Waals surface area contributed by atoms with Crippen molar-refractivity contribution in [3.05, 3.63) is 11.6 Å². The first-order valence-electron chi connectivity index (χ1n) is 8.37. The Morgan fingerprint density at radius 2 is 1.92 bits per heavy atom. The first-order chi connectivity index (χ1) is 12.1. The zero-order valence-electron chi connectivity index (χ0n) is 13.5. The standard InChI is InChI=1S/C15H20ClN5O4/c16-15-18-12(20-4-2-1-3-5-20)9-13(19-15)21(7-17-9)14-11(24)10(23)8(6-22)25-14/h7-8,10-11,14,22-24H,1-6H2/t8-,10-,11-,14-/m1/s1. The molecule has 0 aliphatic carbocycles. The van der Waals surface area contributed by atoms with E-state index in [0.717, 1.165) is 25.9 Å². The molecule has 0 radical (unpaired) electrons. The van der Waals surface area contributed by atoms with Gasteiger partial charge in [0.2, 0.25) is 5.28 Å². The maximum absolute atomic E-state index is 10.3. The van der Waals surface area contributed by atoms with E-state index in [1.54, 1.807) is 0 Å². The predicted molar refractivity (Wildman–Crippen MR) is 89.4 cm³/mol. The van der Waals surface area contributed by atoms with Gasteiger partial charge in [-0.25, -0.2) is 4.98 Å². The number of imidazole rings is 1. The van der Waals surface area contributed by atoms with E-state index in [4.69, 9.17) is 16.3 Å². The zero-order valence-corrected chi connectivity index (χ0v) is 14.2. The Labute approximate surface area is 148 Å². The Bertz CT molecular complexity index is 766. The van der Waals surface area contributed by atoms with Crippen molar-refractivity contribution >= 4 is 28.6 Å². The van der Waals surface area contributed by atoms with Crippen LogP contribution in [0.15, 0.2) is 6.33 Å². The number of hydrogen-bond donors (Lipinski definition) is 3. The van der Waals surface area contributed by atoms with Crippen molar-refractivity contribution in [3.8, 4) is 0 Å². The lowest BCUT2D eigenvalue weighted by Gasteiger charge is -2.27. The maximum Gasteiger partial charge on any atom is 0.226 e. The number of anilines is 1. The van der Waals surface area contributed by atoms with Crippen LogP contribution < -0.4 is 4.90 Å². The molecule has 0 amide bonds. The van der Waals surface area contributed by atoms with Crippen LogP contribution in [0.2, 0.25) is 5.28 Å². The van der Waals surface area contributed by atoms with Gasteiger partial charge in [0.05, 0.1) is 12.9 Å². The van der Waals surface area contributed by atoms with Crippen LogP contribution in [-0.4, -0.2) is 72.8 Å². The number of aromatic nitrogens is 4. The molecule has 136 valence electrons. The molecule has 2 fully saturated rings. The molecule has 25 heavy (non-hydrogen) atoms. The van der Waals surface area contributed by atoms with Crippen LogP contribution in [-0.2, 0) is 4.74 Å². The molecule has 0 aromatic carbocycles. The topological polar surface area (TPSA) is 117 Å². The Balaban J connectivity index is 1.75. The van der Waals surface area contributed by atoms with Crippen molar-refractivity contribution in [1.29, 1.82) is 0 Å². The molecule has 2 aliphatic rings. The number of hydrogen-bond acceptors (Lipinski definition) is 8. The van der Waals surface area contributed by atoms with E-state index in [1.165, 1.54) is 17.3 Å². The lowest BCUT2D eigenvalue weighted by molar-refractivity contribution is -0.0511. The zero-order chi connectivity index (χ0) is 17.6. The van der Waals surface area contributed by atoms with E-state index >= 15 is 0 Å². The largest absolute Gasteiger partial charge is 0.394 e. The molecule has 4 atom stereocenters. The molecular formula is C15H20ClN5O4. The van der Waals surface area contributed by atoms with E-state index in [1.807, 2.05) is 0 Å². The van der Waals surface area contributed by atoms with Gasteiger partial charge in [0.25, 0.3) is 0 Å². The lowest BCUT2D eigenvalue weighted by atomic mass is 10.1. The van der Waals surface area contributed by atoms with Crippen molar-refractivity contribution in [2.24, 2.45) is 0 Å². The molecule has 2 aromatic heterocycles. The van der Waals surface area contributed by atoms with Crippen LogP contribution >= 0.6 is 11.6 Å². The van der Waals surface area contributed by atoms with E-state index < -0.39 is 31.1 Å². The first-order valence-corrected chi connectivity index (χ1v) is 8.75. The van der Waals surface area contributed by atoms with Crippen LogP contribution in [0, 0.1) is 0 Å². The second kappa shape index (κ2) is 6.65. The molecule has 4 heterocycles. The lowest BCUT2D eigenvalue weighted by Crippen LogP contribution is -2.33. The third kappa shape index (κ3) is 2.85. The molecule has 3 N–H and O–H groups in total. The first kappa shape index (κ1) is 16.9. The molecule has 0 bridgehead atoms. The molecule has 10 heteroatoms. The summed E-state index contributed by atoms with van der Waals surface area (Å²) in [6, 6.07) is 0. The molecule has 4 rings (SSSR count). The summed E-state index contributed by atoms with van der Waals surface area (Å²) in [5.74, 6) is 0.667. The summed E-state index contributed by atoms with van der Waals surface area (Å²) in [6.07, 6.45) is 0.678. The number of nitrogens with zero attached hydrogens (tertiary/aromatic N) is 5. The summed E-state index contributed by atoms with van der Waals surface area (Å²) in [7, 11) is 0. The summed E-state index contributed by atoms with van der Waals surface area (Å²) in [4.78, 5) is 15.1. The number of ether oxygens (including phenoxy) is 1. The van der Waals surface area contributed by atoms with Crippen molar-refractivity contribution in [2.45, 2.75) is 43.8 Å². The van der Waals surface area contributed by atoms with Crippen molar-refractivity contribution in [1.82, 2.24) is 19.5 Å². The molecule has 0 spiro atoms. The van der Waals surface area contributed by atoms with Crippen LogP contribution in [0.3, 0.4) is 0 Å². The van der Waals surface area contributed by atoms with E-state index in [-0.39, 0.29) is 5.28 Å². The van der Waals surface area contributed by atoms with Crippen molar-refractivity contribution in [2.75, 3.05) is 24.6 Å². The minimum atomic E-state index is -1.21. The van der Waals surface area contributed by atoms with Crippen LogP contribution in [0.4, 0.5) is 5.82 Å². The van der Waals surface area contributed by atoms with Gasteiger partial charge < -0.3 is 25.0 Å². The van der Waals surface area contributed by atoms with Crippen molar-refractivity contribution < 1.29 is 20.1 Å². The Kier molecular flexibility index (Phi) is 4.50. The van der Waals surface area contributed by atoms with Gasteiger partial charge in [-0.2, -0.15) is 9.97 Å². The monoisotopic (exact) mass is 369 g/mol. The van der Waals surface area contributed by atoms with Gasteiger partial charge in [0, 0.05) is 13.1 Å². The summed E-state index contributed by atoms with van der Waals surface area (Å²) in [5.41, 5.74) is 0.999. The number of fused-ring (bicyclic) bond motifs is 1. The molecular weight excluding hydrogens is 350 g/mol. The fraction of sp³-hybridized carbons (Fsp3) is 0.667. The molecule has 9 nitrogen and oxygen atoms in total. The number of aliphatic hydroxyl groups is 3. The summed E-state index contributed by atoms with van der Waals surface area (Å²) in [5, 5.41) is 29.6. The highest BCUT2D eigenvalue weighted by Crippen LogP contribution is 2.33. The normalized spacial score (nSPS) is 30.3. The van der Waals surface area contributed by atoms with E-state index in [9.17, 15) is 15.3 Å². The Hall–Kier alpha value is -1.52. The quantitative estimate of drug-likeness (QED) is 0.651. The Morgan fingerprint density at radius 1 is 1.16 bits per heavy atom. The minimum Gasteiger partial charge on any atom is -0.394 e. The van der Waals surface area contributed by atoms with Crippen molar-refractivity contribution in [3.63, 3.8) is 0 Å². The number of halogens is 1. The fourth-order valence-electron chi connectivity index (χ4n) is 3.50. The van der Waals surface area contributed by atoms with Gasteiger partial charge in [-0.3, -0.25) is 4.57 Å². The highest BCUT2D eigenvalue weighted by molar-refractivity contribution is 6.28. The molecule has 2 aromatic rings. The highest BCUT2D eigenvalue weighted by atomic mass is 35.5. The second-order valence-electron chi connectivity index (χ2n) is 6.42. The summed E-state index contributed by atoms with van der Waals surface area (Å²) >= 11 is 6.12. The van der Waals surface area contributed by atoms with Crippen LogP contribution in [0.25, 0.3) is 11.2 Å². The molecule has 2 saturated heterocycles. The van der Waals surface area contributed by atoms with Crippen LogP contribution in [0.1, 0.15) is 25.5 Å². The van der Waals surface area contributed by atoms with E-state index in [2.05, 4.69) is 19.9 Å². The van der Waals surface area contributed by atoms with Gasteiger partial charge in [0.1, 0.15) is 18.3 Å². The maximum atomic E-state index is 10.3. The van der Waals surface area contributed by atoms with Gasteiger partial charge >= 0.3 is 0 Å². The third-order valence-corrected chi connectivity index (χ3v) is 4.99. The number of aliphatic hydroxyl groups excluding tert-OH is 3. The second-order valence-corrected chi connectivity index (χ2v) is 6.75. The van der Waals surface area contributed by atoms with Gasteiger partial charge in [-0.1, -0.05) is 0 Å². The molecule has 2 aliphatic heterocycles. The van der Waals surface area contributed by atoms with Gasteiger partial charge in [0.15, 0.2) is 23.2 Å². The average Bonchev–Trinajstić information content (AvgIpc) is 3.16. The minimum absolute atomic E-state index is 0.0848. The third-order valence-electron chi connectivity index (χ3n) is 4.82. The highest BCUT2D eigenvalue weighted by Gasteiger charge is 2.44. The number of piperidine rings is 1. The summed E-state index contributed by atoms with van der Waals surface area (Å²) in [6.45, 7) is 1.36. The van der Waals surface area contributed by atoms with E-state index in [0.29, 0.717) is 17.0 Å². The van der Waals surface area contributed by atoms with Gasteiger partial charge in [-0.15, -0.1) is 0 Å². The summed E-state index contributed by atoms with van der Waals surface area (Å²) < 4.78 is 7.10. The predicted octanol–water partition coefficient (Wildman–Crippen LogP) is 0.0815. The average molecular weight is 370 g/mol. The smallest absolute Gasteiger partial charge is 0.226 e.